The van der Waals surface area contributed by atoms with E-state index in [1.165, 1.54) is 7.11 Å². The second-order valence-electron chi connectivity index (χ2n) is 4.05. The van der Waals surface area contributed by atoms with Crippen LogP contribution in [0.3, 0.4) is 0 Å². The van der Waals surface area contributed by atoms with Gasteiger partial charge in [0.2, 0.25) is 0 Å². The minimum absolute atomic E-state index is 0.0732. The summed E-state index contributed by atoms with van der Waals surface area (Å²) in [6, 6.07) is 0. The number of nitrogens with one attached hydrogen (secondary N) is 2. The van der Waals surface area contributed by atoms with E-state index in [0.717, 1.165) is 0 Å². The lowest BCUT2D eigenvalue weighted by Gasteiger charge is -2.15. The lowest BCUT2D eigenvalue weighted by molar-refractivity contribution is -0.139. The summed E-state index contributed by atoms with van der Waals surface area (Å²) in [5.74, 6) is -0.838. The summed E-state index contributed by atoms with van der Waals surface area (Å²) >= 11 is 0. The minimum atomic E-state index is -3.59. The monoisotopic (exact) mass is 268 g/mol. The molecule has 0 spiro atoms. The Morgan fingerprint density at radius 2 is 1.82 bits per heavy atom. The van der Waals surface area contributed by atoms with E-state index in [1.807, 2.05) is 13.8 Å². The molecule has 7 nitrogen and oxygen atoms in total. The van der Waals surface area contributed by atoms with Gasteiger partial charge in [-0.25, -0.2) is 4.72 Å². The molecule has 3 N–H and O–H groups in total. The average molecular weight is 268 g/mol. The first-order valence-electron chi connectivity index (χ1n) is 5.25. The largest absolute Gasteiger partial charge is 0.481 e. The van der Waals surface area contributed by atoms with Gasteiger partial charge in [0.1, 0.15) is 0 Å². The van der Waals surface area contributed by atoms with E-state index >= 15 is 0 Å². The molecule has 17 heavy (non-hydrogen) atoms. The van der Waals surface area contributed by atoms with Gasteiger partial charge in [-0.05, 0) is 5.92 Å². The van der Waals surface area contributed by atoms with Crippen LogP contribution in [0.4, 0.5) is 0 Å². The Kier molecular flexibility index (Phi) is 7.28. The topological polar surface area (TPSA) is 105 Å². The Hall–Kier alpha value is -0.700. The molecule has 0 heterocycles. The van der Waals surface area contributed by atoms with Crippen molar-refractivity contribution < 1.29 is 23.1 Å². The number of rotatable bonds is 9. The van der Waals surface area contributed by atoms with E-state index in [9.17, 15) is 13.2 Å². The van der Waals surface area contributed by atoms with Gasteiger partial charge >= 0.3 is 5.97 Å². The SMILES string of the molecule is COC(CNS(=O)(=O)NCC(C)C)CC(=O)O. The standard InChI is InChI=1S/C9H20N2O5S/c1-7(2)5-10-17(14,15)11-6-8(16-3)4-9(12)13/h7-8,10-11H,4-6H2,1-3H3,(H,12,13). The maximum atomic E-state index is 11.4. The molecular weight excluding hydrogens is 248 g/mol. The zero-order valence-corrected chi connectivity index (χ0v) is 11.1. The number of carboxylic acid groups (broad SMARTS) is 1. The van der Waals surface area contributed by atoms with Gasteiger partial charge in [-0.3, -0.25) is 4.79 Å². The Morgan fingerprint density at radius 3 is 2.24 bits per heavy atom. The number of methoxy groups -OCH3 is 1. The van der Waals surface area contributed by atoms with E-state index < -0.39 is 22.3 Å². The third-order valence-corrected chi connectivity index (χ3v) is 3.01. The Balaban J connectivity index is 4.10. The second-order valence-corrected chi connectivity index (χ2v) is 5.63. The fourth-order valence-corrected chi connectivity index (χ4v) is 2.02. The van der Waals surface area contributed by atoms with Crippen molar-refractivity contribution in [3.05, 3.63) is 0 Å². The van der Waals surface area contributed by atoms with E-state index in [2.05, 4.69) is 9.44 Å². The van der Waals surface area contributed by atoms with Crippen LogP contribution >= 0.6 is 0 Å². The quantitative estimate of drug-likeness (QED) is 0.525. The van der Waals surface area contributed by atoms with Crippen LogP contribution in [-0.2, 0) is 19.7 Å². The summed E-state index contributed by atoms with van der Waals surface area (Å²) in [5.41, 5.74) is 0. The molecule has 1 atom stereocenters. The molecule has 0 saturated heterocycles. The van der Waals surface area contributed by atoms with Crippen molar-refractivity contribution in [2.75, 3.05) is 20.2 Å². The van der Waals surface area contributed by atoms with Crippen LogP contribution in [0.15, 0.2) is 0 Å². The molecule has 0 bridgehead atoms. The smallest absolute Gasteiger partial charge is 0.306 e. The number of carbonyl (C=O) groups is 1. The average Bonchev–Trinajstić information content (AvgIpc) is 2.21. The second kappa shape index (κ2) is 7.59. The number of hydrogen-bond acceptors (Lipinski definition) is 4. The van der Waals surface area contributed by atoms with Crippen LogP contribution in [0.25, 0.3) is 0 Å². The fraction of sp³-hybridized carbons (Fsp3) is 0.889. The van der Waals surface area contributed by atoms with Crippen LogP contribution in [0.1, 0.15) is 20.3 Å². The molecule has 0 saturated carbocycles. The highest BCUT2D eigenvalue weighted by Crippen LogP contribution is 1.96. The van der Waals surface area contributed by atoms with Crippen molar-refractivity contribution in [1.29, 1.82) is 0 Å². The van der Waals surface area contributed by atoms with Gasteiger partial charge in [0.15, 0.2) is 0 Å². The first-order valence-corrected chi connectivity index (χ1v) is 6.74. The van der Waals surface area contributed by atoms with Gasteiger partial charge in [0.25, 0.3) is 10.2 Å². The van der Waals surface area contributed by atoms with Crippen molar-refractivity contribution in [3.8, 4) is 0 Å². The van der Waals surface area contributed by atoms with Crippen LogP contribution in [0.5, 0.6) is 0 Å². The molecule has 0 aliphatic heterocycles. The van der Waals surface area contributed by atoms with Crippen LogP contribution < -0.4 is 9.44 Å². The first kappa shape index (κ1) is 16.3. The molecule has 0 aromatic carbocycles. The molecule has 0 aromatic rings. The van der Waals surface area contributed by atoms with E-state index in [-0.39, 0.29) is 18.9 Å². The van der Waals surface area contributed by atoms with Gasteiger partial charge in [0.05, 0.1) is 12.5 Å². The van der Waals surface area contributed by atoms with E-state index in [0.29, 0.717) is 6.54 Å². The van der Waals surface area contributed by atoms with Crippen molar-refractivity contribution in [2.24, 2.45) is 5.92 Å². The third kappa shape index (κ3) is 9.04. The van der Waals surface area contributed by atoms with Crippen LogP contribution in [-0.4, -0.2) is 45.8 Å². The summed E-state index contributed by atoms with van der Waals surface area (Å²) < 4.78 is 32.3. The Morgan fingerprint density at radius 1 is 1.29 bits per heavy atom. The van der Waals surface area contributed by atoms with Crippen molar-refractivity contribution in [1.82, 2.24) is 9.44 Å². The summed E-state index contributed by atoms with van der Waals surface area (Å²) in [6.45, 7) is 4.01. The zero-order valence-electron chi connectivity index (χ0n) is 10.3. The molecule has 0 aliphatic rings. The Bertz CT molecular complexity index is 328. The molecule has 0 aromatic heterocycles. The van der Waals surface area contributed by atoms with Gasteiger partial charge in [-0.15, -0.1) is 0 Å². The predicted molar refractivity (Wildman–Crippen MR) is 62.8 cm³/mol. The van der Waals surface area contributed by atoms with E-state index in [1.54, 1.807) is 0 Å². The number of ether oxygens (including phenoxy) is 1. The van der Waals surface area contributed by atoms with Crippen LogP contribution in [0.2, 0.25) is 0 Å². The lowest BCUT2D eigenvalue weighted by atomic mass is 10.2. The van der Waals surface area contributed by atoms with Gasteiger partial charge in [0, 0.05) is 20.2 Å². The molecule has 1 unspecified atom stereocenters. The maximum Gasteiger partial charge on any atom is 0.306 e. The molecule has 0 radical (unpaired) electrons. The molecular formula is C9H20N2O5S. The molecule has 0 fully saturated rings. The molecule has 0 amide bonds. The predicted octanol–water partition coefficient (Wildman–Crippen LogP) is -0.444. The van der Waals surface area contributed by atoms with Crippen molar-refractivity contribution in [2.45, 2.75) is 26.4 Å². The van der Waals surface area contributed by atoms with Crippen LogP contribution in [0, 0.1) is 5.92 Å². The summed E-state index contributed by atoms with van der Waals surface area (Å²) in [6.07, 6.45) is -0.924. The molecule has 0 rings (SSSR count). The lowest BCUT2D eigenvalue weighted by Crippen LogP contribution is -2.42. The summed E-state index contributed by atoms with van der Waals surface area (Å²) in [4.78, 5) is 10.4. The molecule has 102 valence electrons. The summed E-state index contributed by atoms with van der Waals surface area (Å²) in [5, 5.41) is 8.55. The zero-order chi connectivity index (χ0) is 13.5. The van der Waals surface area contributed by atoms with Crippen molar-refractivity contribution >= 4 is 16.2 Å². The molecule has 8 heteroatoms. The third-order valence-electron chi connectivity index (χ3n) is 1.92. The highest BCUT2D eigenvalue weighted by atomic mass is 32.2. The van der Waals surface area contributed by atoms with Gasteiger partial charge in [-0.2, -0.15) is 13.1 Å². The van der Waals surface area contributed by atoms with Crippen molar-refractivity contribution in [3.63, 3.8) is 0 Å². The normalized spacial score (nSPS) is 13.9. The highest BCUT2D eigenvalue weighted by Gasteiger charge is 2.16. The fourth-order valence-electron chi connectivity index (χ4n) is 0.964. The maximum absolute atomic E-state index is 11.4. The van der Waals surface area contributed by atoms with Gasteiger partial charge < -0.3 is 9.84 Å². The molecule has 0 aliphatic carbocycles. The highest BCUT2D eigenvalue weighted by molar-refractivity contribution is 7.87. The minimum Gasteiger partial charge on any atom is -0.481 e. The number of aliphatic carboxylic acids is 1. The Labute approximate surface area is 102 Å². The van der Waals surface area contributed by atoms with E-state index in [4.69, 9.17) is 9.84 Å². The van der Waals surface area contributed by atoms with Gasteiger partial charge in [-0.1, -0.05) is 13.8 Å². The number of carboxylic acids is 1. The number of hydrogen-bond donors (Lipinski definition) is 3. The summed E-state index contributed by atoms with van der Waals surface area (Å²) in [7, 11) is -2.25. The first-order chi connectivity index (χ1) is 7.76.